The van der Waals surface area contributed by atoms with E-state index in [0.717, 1.165) is 25.2 Å². The number of aryl methyl sites for hydroxylation is 1. The number of aromatic hydroxyl groups is 1. The lowest BCUT2D eigenvalue weighted by Gasteiger charge is -2.39. The fourth-order valence-electron chi connectivity index (χ4n) is 3.89. The number of aliphatic hydroxyl groups excluding tert-OH is 1. The van der Waals surface area contributed by atoms with E-state index in [1.54, 1.807) is 0 Å². The Morgan fingerprint density at radius 2 is 1.81 bits per heavy atom. The van der Waals surface area contributed by atoms with E-state index in [2.05, 4.69) is 19.9 Å². The third-order valence-corrected chi connectivity index (χ3v) is 6.62. The van der Waals surface area contributed by atoms with Gasteiger partial charge < -0.3 is 10.2 Å². The Morgan fingerprint density at radius 3 is 2.35 bits per heavy atom. The summed E-state index contributed by atoms with van der Waals surface area (Å²) in [5.41, 5.74) is -0.0404. The van der Waals surface area contributed by atoms with Gasteiger partial charge in [-0.05, 0) is 17.7 Å². The number of hydrogen-bond donors (Lipinski definition) is 2. The van der Waals surface area contributed by atoms with E-state index in [1.807, 2.05) is 6.92 Å². The molecule has 168 valence electrons. The van der Waals surface area contributed by atoms with Crippen LogP contribution in [0.4, 0.5) is 13.2 Å². The number of halogens is 3. The Hall–Kier alpha value is -2.21. The summed E-state index contributed by atoms with van der Waals surface area (Å²) in [4.78, 5) is 9.86. The van der Waals surface area contributed by atoms with Gasteiger partial charge in [0.05, 0.1) is 23.1 Å². The summed E-state index contributed by atoms with van der Waals surface area (Å²) in [7, 11) is 0. The second kappa shape index (κ2) is 8.73. The maximum atomic E-state index is 13.1. The van der Waals surface area contributed by atoms with Gasteiger partial charge in [-0.1, -0.05) is 30.4 Å². The molecule has 11 heteroatoms. The molecule has 1 aliphatic rings. The molecule has 31 heavy (non-hydrogen) atoms. The number of nitrogens with zero attached hydrogens (tertiary/aromatic N) is 5. The van der Waals surface area contributed by atoms with Gasteiger partial charge in [0.1, 0.15) is 0 Å². The van der Waals surface area contributed by atoms with Crippen LogP contribution in [0.3, 0.4) is 0 Å². The molecule has 0 amide bonds. The van der Waals surface area contributed by atoms with Gasteiger partial charge in [0, 0.05) is 39.1 Å². The van der Waals surface area contributed by atoms with E-state index < -0.39 is 17.8 Å². The van der Waals surface area contributed by atoms with E-state index in [0.29, 0.717) is 47.3 Å². The molecular weight excluding hydrogens is 431 g/mol. The van der Waals surface area contributed by atoms with Gasteiger partial charge >= 0.3 is 6.18 Å². The van der Waals surface area contributed by atoms with Gasteiger partial charge in [-0.3, -0.25) is 9.80 Å². The van der Waals surface area contributed by atoms with Crippen molar-refractivity contribution in [3.05, 3.63) is 46.1 Å². The first-order valence-electron chi connectivity index (χ1n) is 10.1. The van der Waals surface area contributed by atoms with Crippen molar-refractivity contribution >= 4 is 16.3 Å². The van der Waals surface area contributed by atoms with Crippen molar-refractivity contribution in [3.63, 3.8) is 0 Å². The molecule has 0 spiro atoms. The maximum Gasteiger partial charge on any atom is 0.416 e. The van der Waals surface area contributed by atoms with Crippen LogP contribution < -0.4 is 0 Å². The molecule has 2 aromatic heterocycles. The summed E-state index contributed by atoms with van der Waals surface area (Å²) in [6, 6.07) is 4.68. The number of β-amino-alcohol motifs (C(OH)–C–C–N with tert-alkyl or cyclic N) is 1. The zero-order chi connectivity index (χ0) is 22.2. The van der Waals surface area contributed by atoms with E-state index in [1.165, 1.54) is 28.0 Å². The van der Waals surface area contributed by atoms with Crippen LogP contribution in [0.5, 0.6) is 5.88 Å². The van der Waals surface area contributed by atoms with Gasteiger partial charge in [-0.25, -0.2) is 4.98 Å². The first-order valence-corrected chi connectivity index (χ1v) is 10.9. The van der Waals surface area contributed by atoms with Crippen molar-refractivity contribution in [2.75, 3.05) is 39.3 Å². The average Bonchev–Trinajstić information content (AvgIpc) is 3.29. The highest BCUT2D eigenvalue weighted by Crippen LogP contribution is 2.41. The fraction of sp³-hybridized carbons (Fsp3) is 0.500. The molecule has 3 aromatic rings. The molecule has 1 unspecified atom stereocenters. The normalized spacial score (nSPS) is 17.5. The summed E-state index contributed by atoms with van der Waals surface area (Å²) in [5.74, 6) is 0.590. The van der Waals surface area contributed by atoms with E-state index in [9.17, 15) is 23.4 Å². The predicted molar refractivity (Wildman–Crippen MR) is 110 cm³/mol. The molecule has 7 nitrogen and oxygen atoms in total. The molecule has 1 atom stereocenters. The lowest BCUT2D eigenvalue weighted by molar-refractivity contribution is -0.137. The minimum absolute atomic E-state index is 0.0325. The van der Waals surface area contributed by atoms with Gasteiger partial charge in [0.2, 0.25) is 10.8 Å². The standard InChI is InChI=1S/C20H24F3N5O2S/c1-2-15-24-19-28(25-15)18(30)17(31-19)16(27-9-7-26(8-10-27)11-12-29)13-3-5-14(6-4-13)20(21,22)23/h3-6,16,29-30H,2,7-12H2,1H3. The molecule has 2 N–H and O–H groups in total. The van der Waals surface area contributed by atoms with Crippen LogP contribution in [0.2, 0.25) is 0 Å². The lowest BCUT2D eigenvalue weighted by Crippen LogP contribution is -2.48. The van der Waals surface area contributed by atoms with Gasteiger partial charge in [-0.2, -0.15) is 17.7 Å². The fourth-order valence-corrected chi connectivity index (χ4v) is 5.02. The summed E-state index contributed by atoms with van der Waals surface area (Å²) in [5, 5.41) is 24.4. The molecule has 1 aromatic carbocycles. The van der Waals surface area contributed by atoms with E-state index in [4.69, 9.17) is 0 Å². The number of benzene rings is 1. The number of hydrogen-bond acceptors (Lipinski definition) is 7. The van der Waals surface area contributed by atoms with Crippen LogP contribution in [-0.2, 0) is 12.6 Å². The van der Waals surface area contributed by atoms with Gasteiger partial charge in [-0.15, -0.1) is 5.10 Å². The highest BCUT2D eigenvalue weighted by molar-refractivity contribution is 7.17. The van der Waals surface area contributed by atoms with Crippen molar-refractivity contribution < 1.29 is 23.4 Å². The van der Waals surface area contributed by atoms with Crippen molar-refractivity contribution in [1.82, 2.24) is 24.4 Å². The van der Waals surface area contributed by atoms with Crippen LogP contribution in [0, 0.1) is 0 Å². The molecular formula is C20H24F3N5O2S. The Morgan fingerprint density at radius 1 is 1.13 bits per heavy atom. The summed E-state index contributed by atoms with van der Waals surface area (Å²) >= 11 is 1.30. The van der Waals surface area contributed by atoms with Crippen LogP contribution in [0.15, 0.2) is 24.3 Å². The highest BCUT2D eigenvalue weighted by Gasteiger charge is 2.34. The summed E-state index contributed by atoms with van der Waals surface area (Å²) in [6.45, 7) is 5.34. The Balaban J connectivity index is 1.71. The van der Waals surface area contributed by atoms with Crippen LogP contribution in [0.25, 0.3) is 4.96 Å². The lowest BCUT2D eigenvalue weighted by atomic mass is 10.0. The smallest absolute Gasteiger partial charge is 0.416 e. The summed E-state index contributed by atoms with van der Waals surface area (Å²) < 4.78 is 40.6. The SMILES string of the molecule is CCc1nc2sc(C(c3ccc(C(F)(F)F)cc3)N3CCN(CCO)CC3)c(O)n2n1. The Labute approximate surface area is 181 Å². The number of alkyl halides is 3. The second-order valence-electron chi connectivity index (χ2n) is 7.49. The topological polar surface area (TPSA) is 77.1 Å². The van der Waals surface area contributed by atoms with E-state index in [-0.39, 0.29) is 12.5 Å². The quantitative estimate of drug-likeness (QED) is 0.595. The molecule has 1 fully saturated rings. The largest absolute Gasteiger partial charge is 0.492 e. The third-order valence-electron chi connectivity index (χ3n) is 5.55. The molecule has 4 rings (SSSR count). The van der Waals surface area contributed by atoms with Gasteiger partial charge in [0.25, 0.3) is 0 Å². The molecule has 0 radical (unpaired) electrons. The highest BCUT2D eigenvalue weighted by atomic mass is 32.1. The first kappa shape index (κ1) is 22.0. The van der Waals surface area contributed by atoms with Crippen LogP contribution >= 0.6 is 11.3 Å². The number of rotatable bonds is 6. The zero-order valence-electron chi connectivity index (χ0n) is 17.0. The maximum absolute atomic E-state index is 13.1. The molecule has 1 saturated heterocycles. The first-order chi connectivity index (χ1) is 14.8. The molecule has 0 bridgehead atoms. The molecule has 0 aliphatic carbocycles. The number of thiazole rings is 1. The Bertz CT molecular complexity index is 1030. The number of fused-ring (bicyclic) bond motifs is 1. The van der Waals surface area contributed by atoms with E-state index >= 15 is 0 Å². The van der Waals surface area contributed by atoms with Crippen LogP contribution in [0.1, 0.15) is 34.8 Å². The Kier molecular flexibility index (Phi) is 6.20. The van der Waals surface area contributed by atoms with Crippen molar-refractivity contribution in [2.45, 2.75) is 25.6 Å². The summed E-state index contributed by atoms with van der Waals surface area (Å²) in [6.07, 6.45) is -3.77. The molecule has 3 heterocycles. The molecule has 1 aliphatic heterocycles. The zero-order valence-corrected chi connectivity index (χ0v) is 17.8. The van der Waals surface area contributed by atoms with Crippen molar-refractivity contribution in [1.29, 1.82) is 0 Å². The average molecular weight is 456 g/mol. The van der Waals surface area contributed by atoms with Crippen LogP contribution in [-0.4, -0.2) is 73.9 Å². The predicted octanol–water partition coefficient (Wildman–Crippen LogP) is 2.78. The minimum Gasteiger partial charge on any atom is -0.492 e. The van der Waals surface area contributed by atoms with Gasteiger partial charge in [0.15, 0.2) is 5.82 Å². The van der Waals surface area contributed by atoms with Crippen molar-refractivity contribution in [2.24, 2.45) is 0 Å². The second-order valence-corrected chi connectivity index (χ2v) is 8.50. The minimum atomic E-state index is -4.41. The number of aromatic nitrogens is 3. The number of piperazine rings is 1. The molecule has 0 saturated carbocycles. The number of aliphatic hydroxyl groups is 1. The monoisotopic (exact) mass is 455 g/mol. The third kappa shape index (κ3) is 4.40. The van der Waals surface area contributed by atoms with Crippen molar-refractivity contribution in [3.8, 4) is 5.88 Å².